The van der Waals surface area contributed by atoms with Gasteiger partial charge in [-0.2, -0.15) is 10.2 Å². The number of benzene rings is 1. The van der Waals surface area contributed by atoms with Gasteiger partial charge in [-0.05, 0) is 18.2 Å². The van der Waals surface area contributed by atoms with Gasteiger partial charge in [0.25, 0.3) is 5.91 Å². The van der Waals surface area contributed by atoms with E-state index in [4.69, 9.17) is 19.4 Å². The Bertz CT molecular complexity index is 1040. The van der Waals surface area contributed by atoms with E-state index in [-0.39, 0.29) is 5.91 Å². The largest absolute Gasteiger partial charge is 0.378 e. The van der Waals surface area contributed by atoms with Crippen LogP contribution in [0.4, 0.5) is 11.8 Å². The van der Waals surface area contributed by atoms with Crippen molar-refractivity contribution in [2.45, 2.75) is 13.0 Å². The fourth-order valence-corrected chi connectivity index (χ4v) is 4.40. The number of aromatic nitrogens is 2. The van der Waals surface area contributed by atoms with Crippen LogP contribution < -0.4 is 9.80 Å². The van der Waals surface area contributed by atoms with E-state index in [0.29, 0.717) is 57.1 Å². The highest BCUT2D eigenvalue weighted by atomic mass is 16.5. The average Bonchev–Trinajstić information content (AvgIpc) is 2.88. The third-order valence-electron chi connectivity index (χ3n) is 6.16. The highest BCUT2D eigenvalue weighted by Gasteiger charge is 2.30. The van der Waals surface area contributed by atoms with Crippen LogP contribution >= 0.6 is 0 Å². The maximum Gasteiger partial charge on any atom is 0.254 e. The first kappa shape index (κ1) is 20.7. The molecule has 0 N–H and O–H groups in total. The van der Waals surface area contributed by atoms with Crippen molar-refractivity contribution in [2.24, 2.45) is 0 Å². The van der Waals surface area contributed by atoms with Gasteiger partial charge < -0.3 is 24.2 Å². The molecule has 1 amide bonds. The van der Waals surface area contributed by atoms with Gasteiger partial charge in [-0.3, -0.25) is 4.79 Å². The summed E-state index contributed by atoms with van der Waals surface area (Å²) in [5, 5.41) is 9.18. The highest BCUT2D eigenvalue weighted by molar-refractivity contribution is 5.94. The SMILES string of the molecule is N#Cc1cccc(C(=O)N2CCc3nc(N4CCOCC4)nc(N4CCOCC4)c3C2)c1. The maximum absolute atomic E-state index is 13.2. The molecule has 5 rings (SSSR count). The van der Waals surface area contributed by atoms with Gasteiger partial charge in [0, 0.05) is 50.3 Å². The molecule has 3 aliphatic heterocycles. The Balaban J connectivity index is 1.47. The Morgan fingerprint density at radius 3 is 2.41 bits per heavy atom. The zero-order chi connectivity index (χ0) is 21.9. The lowest BCUT2D eigenvalue weighted by Gasteiger charge is -2.36. The molecule has 9 nitrogen and oxygen atoms in total. The monoisotopic (exact) mass is 434 g/mol. The molecule has 166 valence electrons. The summed E-state index contributed by atoms with van der Waals surface area (Å²) in [6.07, 6.45) is 0.677. The van der Waals surface area contributed by atoms with Gasteiger partial charge in [0.2, 0.25) is 5.95 Å². The molecule has 2 saturated heterocycles. The summed E-state index contributed by atoms with van der Waals surface area (Å²) in [5.74, 6) is 1.58. The third-order valence-corrected chi connectivity index (χ3v) is 6.16. The van der Waals surface area contributed by atoms with Crippen LogP contribution in [0.25, 0.3) is 0 Å². The molecule has 0 atom stereocenters. The van der Waals surface area contributed by atoms with Crippen molar-refractivity contribution >= 4 is 17.7 Å². The number of anilines is 2. The van der Waals surface area contributed by atoms with Gasteiger partial charge in [0.05, 0.1) is 50.3 Å². The normalized spacial score (nSPS) is 18.8. The molecule has 3 aliphatic rings. The summed E-state index contributed by atoms with van der Waals surface area (Å²) in [4.78, 5) is 29.3. The number of nitrogens with zero attached hydrogens (tertiary/aromatic N) is 6. The van der Waals surface area contributed by atoms with Crippen LogP contribution in [-0.4, -0.2) is 79.9 Å². The number of hydrogen-bond donors (Lipinski definition) is 0. The lowest BCUT2D eigenvalue weighted by Crippen LogP contribution is -2.42. The first-order valence-corrected chi connectivity index (χ1v) is 11.1. The number of morpholine rings is 2. The molecular formula is C23H26N6O3. The predicted octanol–water partition coefficient (Wildman–Crippen LogP) is 1.22. The maximum atomic E-state index is 13.2. The van der Waals surface area contributed by atoms with Crippen molar-refractivity contribution in [2.75, 3.05) is 69.0 Å². The fourth-order valence-electron chi connectivity index (χ4n) is 4.40. The van der Waals surface area contributed by atoms with Gasteiger partial charge in [-0.25, -0.2) is 4.98 Å². The molecule has 0 saturated carbocycles. The Morgan fingerprint density at radius 1 is 0.969 bits per heavy atom. The Hall–Kier alpha value is -3.22. The van der Waals surface area contributed by atoms with E-state index in [1.54, 1.807) is 24.3 Å². The smallest absolute Gasteiger partial charge is 0.254 e. The van der Waals surface area contributed by atoms with Crippen LogP contribution in [0.5, 0.6) is 0 Å². The van der Waals surface area contributed by atoms with E-state index in [2.05, 4.69) is 15.9 Å². The zero-order valence-electron chi connectivity index (χ0n) is 18.0. The summed E-state index contributed by atoms with van der Waals surface area (Å²) in [6.45, 7) is 6.82. The zero-order valence-corrected chi connectivity index (χ0v) is 18.0. The van der Waals surface area contributed by atoms with Crippen LogP contribution in [0.1, 0.15) is 27.2 Å². The summed E-state index contributed by atoms with van der Waals surface area (Å²) >= 11 is 0. The van der Waals surface area contributed by atoms with Crippen LogP contribution in [0.2, 0.25) is 0 Å². The quantitative estimate of drug-likeness (QED) is 0.712. The van der Waals surface area contributed by atoms with Gasteiger partial charge in [0.1, 0.15) is 5.82 Å². The molecule has 9 heteroatoms. The van der Waals surface area contributed by atoms with Crippen molar-refractivity contribution in [3.8, 4) is 6.07 Å². The van der Waals surface area contributed by atoms with Crippen molar-refractivity contribution < 1.29 is 14.3 Å². The summed E-state index contributed by atoms with van der Waals surface area (Å²) < 4.78 is 11.0. The van der Waals surface area contributed by atoms with Crippen molar-refractivity contribution in [1.29, 1.82) is 5.26 Å². The second-order valence-corrected chi connectivity index (χ2v) is 8.14. The van der Waals surface area contributed by atoms with E-state index in [0.717, 1.165) is 49.2 Å². The Kier molecular flexibility index (Phi) is 5.88. The van der Waals surface area contributed by atoms with E-state index in [9.17, 15) is 10.1 Å². The van der Waals surface area contributed by atoms with E-state index in [1.165, 1.54) is 0 Å². The van der Waals surface area contributed by atoms with Crippen molar-refractivity contribution in [1.82, 2.24) is 14.9 Å². The number of amides is 1. The van der Waals surface area contributed by atoms with Crippen LogP contribution in [-0.2, 0) is 22.4 Å². The molecule has 0 spiro atoms. The second kappa shape index (κ2) is 9.10. The summed E-state index contributed by atoms with van der Waals surface area (Å²) in [5.41, 5.74) is 3.05. The van der Waals surface area contributed by atoms with Crippen LogP contribution in [0, 0.1) is 11.3 Å². The van der Waals surface area contributed by atoms with Gasteiger partial charge in [-0.1, -0.05) is 6.07 Å². The molecule has 0 bridgehead atoms. The molecule has 0 unspecified atom stereocenters. The number of hydrogen-bond acceptors (Lipinski definition) is 8. The van der Waals surface area contributed by atoms with E-state index in [1.807, 2.05) is 4.90 Å². The molecule has 4 heterocycles. The molecule has 1 aromatic heterocycles. The fraction of sp³-hybridized carbons (Fsp3) is 0.478. The van der Waals surface area contributed by atoms with Gasteiger partial charge in [-0.15, -0.1) is 0 Å². The van der Waals surface area contributed by atoms with Crippen molar-refractivity contribution in [3.63, 3.8) is 0 Å². The standard InChI is InChI=1S/C23H26N6O3/c24-15-17-2-1-3-18(14-17)22(30)29-5-4-20-19(16-29)21(27-6-10-31-11-7-27)26-23(25-20)28-8-12-32-13-9-28/h1-3,14H,4-13,16H2. The molecule has 0 aliphatic carbocycles. The first-order chi connectivity index (χ1) is 15.7. The highest BCUT2D eigenvalue weighted by Crippen LogP contribution is 2.30. The summed E-state index contributed by atoms with van der Waals surface area (Å²) in [7, 11) is 0. The number of fused-ring (bicyclic) bond motifs is 1. The lowest BCUT2D eigenvalue weighted by molar-refractivity contribution is 0.0732. The molecule has 2 aromatic rings. The molecule has 32 heavy (non-hydrogen) atoms. The Labute approximate surface area is 187 Å². The third kappa shape index (κ3) is 4.11. The first-order valence-electron chi connectivity index (χ1n) is 11.1. The van der Waals surface area contributed by atoms with Crippen molar-refractivity contribution in [3.05, 3.63) is 46.6 Å². The minimum Gasteiger partial charge on any atom is -0.378 e. The molecule has 1 aromatic carbocycles. The number of rotatable bonds is 3. The number of ether oxygens (including phenoxy) is 2. The van der Waals surface area contributed by atoms with Gasteiger partial charge in [0.15, 0.2) is 0 Å². The predicted molar refractivity (Wildman–Crippen MR) is 118 cm³/mol. The lowest BCUT2D eigenvalue weighted by atomic mass is 10.0. The van der Waals surface area contributed by atoms with E-state index >= 15 is 0 Å². The van der Waals surface area contributed by atoms with Crippen LogP contribution in [0.3, 0.4) is 0 Å². The number of carbonyl (C=O) groups excluding carboxylic acids is 1. The average molecular weight is 435 g/mol. The van der Waals surface area contributed by atoms with E-state index < -0.39 is 0 Å². The number of carbonyl (C=O) groups is 1. The minimum absolute atomic E-state index is 0.0714. The topological polar surface area (TPSA) is 94.8 Å². The molecule has 0 radical (unpaired) electrons. The Morgan fingerprint density at radius 2 is 1.69 bits per heavy atom. The number of nitriles is 1. The van der Waals surface area contributed by atoms with Crippen LogP contribution in [0.15, 0.2) is 24.3 Å². The molecule has 2 fully saturated rings. The van der Waals surface area contributed by atoms with Gasteiger partial charge >= 0.3 is 0 Å². The molecular weight excluding hydrogens is 408 g/mol. The summed E-state index contributed by atoms with van der Waals surface area (Å²) in [6, 6.07) is 8.98. The second-order valence-electron chi connectivity index (χ2n) is 8.14. The minimum atomic E-state index is -0.0714.